The molecule has 10 heteroatoms. The average molecular weight is 606 g/mol. The predicted molar refractivity (Wildman–Crippen MR) is 166 cm³/mol. The first-order valence-corrected chi connectivity index (χ1v) is 14.8. The molecule has 2 heterocycles. The topological polar surface area (TPSA) is 80.5 Å². The number of aromatic amines is 1. The summed E-state index contributed by atoms with van der Waals surface area (Å²) in [7, 11) is 3.63. The van der Waals surface area contributed by atoms with Crippen LogP contribution in [0.5, 0.6) is 0 Å². The number of hydrogen-bond acceptors (Lipinski definition) is 3. The minimum atomic E-state index is -4.68. The number of nitrogens with one attached hydrogen (secondary N) is 3. The number of H-pyrrole nitrogens is 1. The summed E-state index contributed by atoms with van der Waals surface area (Å²) in [6, 6.07) is 19.9. The largest absolute Gasteiger partial charge is 0.418 e. The summed E-state index contributed by atoms with van der Waals surface area (Å²) >= 11 is 0. The van der Waals surface area contributed by atoms with Crippen molar-refractivity contribution in [3.05, 3.63) is 101 Å². The van der Waals surface area contributed by atoms with Gasteiger partial charge in [0.05, 0.1) is 11.3 Å². The molecule has 232 valence electrons. The number of piperidine rings is 1. The third-order valence-electron chi connectivity index (χ3n) is 8.37. The van der Waals surface area contributed by atoms with Crippen LogP contribution in [-0.4, -0.2) is 59.9 Å². The van der Waals surface area contributed by atoms with Crippen LogP contribution in [0.25, 0.3) is 10.9 Å². The molecule has 3 aromatic carbocycles. The number of fused-ring (bicyclic) bond motifs is 1. The van der Waals surface area contributed by atoms with Crippen molar-refractivity contribution in [1.29, 1.82) is 0 Å². The van der Waals surface area contributed by atoms with Gasteiger partial charge in [-0.2, -0.15) is 13.2 Å². The molecule has 1 aromatic heterocycles. The van der Waals surface area contributed by atoms with Crippen molar-refractivity contribution in [1.82, 2.24) is 20.1 Å². The van der Waals surface area contributed by atoms with Gasteiger partial charge in [0.2, 0.25) is 5.91 Å². The number of rotatable bonds is 8. The van der Waals surface area contributed by atoms with E-state index in [0.717, 1.165) is 35.4 Å². The molecule has 0 bridgehead atoms. The van der Waals surface area contributed by atoms with Crippen LogP contribution >= 0.6 is 0 Å². The molecule has 4 aromatic rings. The van der Waals surface area contributed by atoms with Gasteiger partial charge in [0, 0.05) is 42.7 Å². The van der Waals surface area contributed by atoms with Gasteiger partial charge in [-0.15, -0.1) is 0 Å². The molecule has 0 radical (unpaired) electrons. The summed E-state index contributed by atoms with van der Waals surface area (Å²) < 4.78 is 42.0. The predicted octanol–water partition coefficient (Wildman–Crippen LogP) is 6.95. The Bertz CT molecular complexity index is 1590. The van der Waals surface area contributed by atoms with E-state index < -0.39 is 35.6 Å². The van der Waals surface area contributed by atoms with Crippen LogP contribution in [0, 0.1) is 0 Å². The number of amides is 3. The lowest BCUT2D eigenvalue weighted by atomic mass is 9.89. The molecule has 3 amide bonds. The molecule has 3 N–H and O–H groups in total. The van der Waals surface area contributed by atoms with Crippen molar-refractivity contribution in [2.24, 2.45) is 0 Å². The first-order chi connectivity index (χ1) is 21.0. The molecular weight excluding hydrogens is 567 g/mol. The van der Waals surface area contributed by atoms with Crippen LogP contribution in [0.3, 0.4) is 0 Å². The smallest absolute Gasteiger partial charge is 0.361 e. The summed E-state index contributed by atoms with van der Waals surface area (Å²) in [5, 5.41) is 6.30. The van der Waals surface area contributed by atoms with Crippen LogP contribution in [0.1, 0.15) is 53.9 Å². The van der Waals surface area contributed by atoms with E-state index in [1.165, 1.54) is 17.7 Å². The van der Waals surface area contributed by atoms with E-state index in [-0.39, 0.29) is 5.69 Å². The van der Waals surface area contributed by atoms with Crippen molar-refractivity contribution < 1.29 is 22.8 Å². The van der Waals surface area contributed by atoms with Gasteiger partial charge in [-0.05, 0) is 67.7 Å². The van der Waals surface area contributed by atoms with E-state index in [1.54, 1.807) is 18.0 Å². The van der Waals surface area contributed by atoms with Crippen LogP contribution in [0.15, 0.2) is 79.0 Å². The third-order valence-corrected chi connectivity index (χ3v) is 8.37. The van der Waals surface area contributed by atoms with Gasteiger partial charge in [0.25, 0.3) is 0 Å². The van der Waals surface area contributed by atoms with E-state index >= 15 is 0 Å². The average Bonchev–Trinajstić information content (AvgIpc) is 3.43. The molecule has 1 saturated heterocycles. The van der Waals surface area contributed by atoms with Gasteiger partial charge < -0.3 is 25.4 Å². The van der Waals surface area contributed by atoms with Crippen molar-refractivity contribution in [3.8, 4) is 0 Å². The van der Waals surface area contributed by atoms with Crippen LogP contribution < -0.4 is 10.6 Å². The number of likely N-dealkylation sites (tertiary alicyclic amines) is 1. The van der Waals surface area contributed by atoms with Gasteiger partial charge in [0.15, 0.2) is 0 Å². The Balaban J connectivity index is 1.41. The SMILES string of the molecule is CC(c1c[nH]c2ccccc12)C(NC(=O)N1CCC(c2ccccc2)CC1)C(=O)Nc1cc(CN(C)C)ccc1C(F)(F)F. The summed E-state index contributed by atoms with van der Waals surface area (Å²) in [5.41, 5.74) is 2.21. The number of nitrogens with zero attached hydrogens (tertiary/aromatic N) is 2. The van der Waals surface area contributed by atoms with Gasteiger partial charge in [-0.3, -0.25) is 4.79 Å². The minimum absolute atomic E-state index is 0.333. The highest BCUT2D eigenvalue weighted by molar-refractivity contribution is 5.99. The third kappa shape index (κ3) is 7.07. The molecule has 44 heavy (non-hydrogen) atoms. The van der Waals surface area contributed by atoms with Crippen molar-refractivity contribution in [3.63, 3.8) is 0 Å². The normalized spacial score (nSPS) is 15.8. The van der Waals surface area contributed by atoms with Gasteiger partial charge >= 0.3 is 12.2 Å². The summed E-state index contributed by atoms with van der Waals surface area (Å²) in [5.74, 6) is -0.946. The lowest BCUT2D eigenvalue weighted by Crippen LogP contribution is -2.53. The fraction of sp³-hybridized carbons (Fsp3) is 0.353. The number of alkyl halides is 3. The Labute approximate surface area is 255 Å². The molecule has 7 nitrogen and oxygen atoms in total. The number of anilines is 1. The van der Waals surface area contributed by atoms with Gasteiger partial charge in [0.1, 0.15) is 6.04 Å². The molecule has 0 saturated carbocycles. The number of benzene rings is 3. The zero-order valence-corrected chi connectivity index (χ0v) is 25.1. The highest BCUT2D eigenvalue weighted by atomic mass is 19.4. The monoisotopic (exact) mass is 605 g/mol. The standard InChI is InChI=1S/C34H38F3N5O2/c1-22(27-20-38-29-12-8-7-11-26(27)29)31(40-33(44)42-17-15-25(16-18-42)24-9-5-4-6-10-24)32(43)39-30-19-23(21-41(2)3)13-14-28(30)34(35,36)37/h4-14,19-20,22,25,31,38H,15-18,21H2,1-3H3,(H,39,43)(H,40,44). The van der Waals surface area contributed by atoms with Crippen molar-refractivity contribution in [2.45, 2.75) is 50.4 Å². The maximum Gasteiger partial charge on any atom is 0.418 e. The van der Waals surface area contributed by atoms with E-state index in [9.17, 15) is 22.8 Å². The van der Waals surface area contributed by atoms with E-state index in [0.29, 0.717) is 31.1 Å². The van der Waals surface area contributed by atoms with Crippen LogP contribution in [-0.2, 0) is 17.5 Å². The van der Waals surface area contributed by atoms with Crippen LogP contribution in [0.2, 0.25) is 0 Å². The van der Waals surface area contributed by atoms with Crippen molar-refractivity contribution in [2.75, 3.05) is 32.5 Å². The van der Waals surface area contributed by atoms with E-state index in [1.807, 2.05) is 61.5 Å². The Hall–Kier alpha value is -4.31. The number of urea groups is 1. The lowest BCUT2D eigenvalue weighted by molar-refractivity contribution is -0.137. The lowest BCUT2D eigenvalue weighted by Gasteiger charge is -2.34. The number of para-hydroxylation sites is 1. The number of halogens is 3. The van der Waals surface area contributed by atoms with Crippen molar-refractivity contribution >= 4 is 28.5 Å². The molecule has 0 aliphatic carbocycles. The fourth-order valence-electron chi connectivity index (χ4n) is 6.05. The summed E-state index contributed by atoms with van der Waals surface area (Å²) in [6.45, 7) is 3.21. The highest BCUT2D eigenvalue weighted by Crippen LogP contribution is 2.36. The second-order valence-electron chi connectivity index (χ2n) is 11.8. The zero-order chi connectivity index (χ0) is 31.4. The van der Waals surface area contributed by atoms with Gasteiger partial charge in [-0.1, -0.05) is 61.5 Å². The molecular formula is C34H38F3N5O2. The second-order valence-corrected chi connectivity index (χ2v) is 11.8. The molecule has 1 aliphatic rings. The quantitative estimate of drug-likeness (QED) is 0.203. The molecule has 0 spiro atoms. The molecule has 1 fully saturated rings. The number of carbonyl (C=O) groups is 2. The Morgan fingerprint density at radius 3 is 2.36 bits per heavy atom. The Morgan fingerprint density at radius 1 is 1.00 bits per heavy atom. The first kappa shape index (κ1) is 31.1. The maximum absolute atomic E-state index is 14.0. The Kier molecular flexibility index (Phi) is 9.29. The number of aromatic nitrogens is 1. The minimum Gasteiger partial charge on any atom is -0.361 e. The zero-order valence-electron chi connectivity index (χ0n) is 25.1. The maximum atomic E-state index is 14.0. The van der Waals surface area contributed by atoms with E-state index in [2.05, 4.69) is 27.8 Å². The van der Waals surface area contributed by atoms with Crippen LogP contribution in [0.4, 0.5) is 23.7 Å². The first-order valence-electron chi connectivity index (χ1n) is 14.8. The molecule has 1 aliphatic heterocycles. The second kappa shape index (κ2) is 13.1. The molecule has 2 atom stereocenters. The van der Waals surface area contributed by atoms with Gasteiger partial charge in [-0.25, -0.2) is 4.79 Å². The fourth-order valence-corrected chi connectivity index (χ4v) is 6.05. The Morgan fingerprint density at radius 2 is 1.68 bits per heavy atom. The summed E-state index contributed by atoms with van der Waals surface area (Å²) in [6.07, 6.45) is -1.34. The number of hydrogen-bond donors (Lipinski definition) is 3. The molecule has 5 rings (SSSR count). The van der Waals surface area contributed by atoms with E-state index in [4.69, 9.17) is 0 Å². The molecule has 2 unspecified atom stereocenters. The summed E-state index contributed by atoms with van der Waals surface area (Å²) in [4.78, 5) is 34.2. The highest BCUT2D eigenvalue weighted by Gasteiger charge is 2.37. The number of carbonyl (C=O) groups excluding carboxylic acids is 2.